The number of nitriles is 1. The van der Waals surface area contributed by atoms with Crippen molar-refractivity contribution < 1.29 is 9.59 Å². The first-order valence-corrected chi connectivity index (χ1v) is 8.65. The van der Waals surface area contributed by atoms with Gasteiger partial charge in [0.15, 0.2) is 5.69 Å². The molecule has 2 aromatic carbocycles. The van der Waals surface area contributed by atoms with E-state index >= 15 is 0 Å². The molecule has 3 aromatic rings. The average molecular weight is 369 g/mol. The summed E-state index contributed by atoms with van der Waals surface area (Å²) in [6.07, 6.45) is 0.0819. The van der Waals surface area contributed by atoms with Crippen LogP contribution in [0.1, 0.15) is 29.4 Å². The summed E-state index contributed by atoms with van der Waals surface area (Å²) < 4.78 is 1.55. The first-order chi connectivity index (χ1) is 13.6. The van der Waals surface area contributed by atoms with E-state index < -0.39 is 11.8 Å². The second-order valence-electron chi connectivity index (χ2n) is 6.32. The number of hydrogen-bond acceptors (Lipinski definition) is 5. The van der Waals surface area contributed by atoms with Gasteiger partial charge in [-0.05, 0) is 19.1 Å². The summed E-state index contributed by atoms with van der Waals surface area (Å²) in [4.78, 5) is 25.1. The first-order valence-electron chi connectivity index (χ1n) is 8.65. The maximum absolute atomic E-state index is 13.0. The lowest BCUT2D eigenvalue weighted by Crippen LogP contribution is -2.29. The van der Waals surface area contributed by atoms with Gasteiger partial charge in [0.1, 0.15) is 11.6 Å². The van der Waals surface area contributed by atoms with Gasteiger partial charge >= 0.3 is 5.91 Å². The molecule has 0 spiro atoms. The van der Waals surface area contributed by atoms with Crippen LogP contribution < -0.4 is 0 Å². The van der Waals surface area contributed by atoms with Crippen LogP contribution in [0.4, 0.5) is 0 Å². The highest BCUT2D eigenvalue weighted by Crippen LogP contribution is 2.30. The Balaban J connectivity index is 1.94. The highest BCUT2D eigenvalue weighted by atomic mass is 16.2. The normalized spacial score (nSPS) is 13.4. The van der Waals surface area contributed by atoms with Crippen molar-refractivity contribution in [3.8, 4) is 23.0 Å². The van der Waals surface area contributed by atoms with Crippen molar-refractivity contribution in [3.63, 3.8) is 0 Å². The molecular weight excluding hydrogens is 354 g/mol. The number of carbonyl (C=O) groups is 2. The fraction of sp³-hybridized carbons (Fsp3) is 0.0952. The summed E-state index contributed by atoms with van der Waals surface area (Å²) in [6, 6.07) is 20.6. The summed E-state index contributed by atoms with van der Waals surface area (Å²) in [5.41, 5.74) is 2.48. The number of imide groups is 1. The molecule has 2 amide bonds. The van der Waals surface area contributed by atoms with Gasteiger partial charge in [0.05, 0.1) is 17.8 Å². The number of aromatic nitrogens is 2. The van der Waals surface area contributed by atoms with Crippen molar-refractivity contribution in [3.05, 3.63) is 71.9 Å². The van der Waals surface area contributed by atoms with Crippen molar-refractivity contribution >= 4 is 17.5 Å². The fourth-order valence-corrected chi connectivity index (χ4v) is 3.11. The topological polar surface area (TPSA) is 91.3 Å². The van der Waals surface area contributed by atoms with E-state index in [9.17, 15) is 14.9 Å². The number of rotatable bonds is 3. The molecule has 0 N–H and O–H groups in total. The van der Waals surface area contributed by atoms with Crippen molar-refractivity contribution in [2.45, 2.75) is 13.3 Å². The van der Waals surface area contributed by atoms with E-state index in [0.717, 1.165) is 10.6 Å². The molecule has 0 saturated heterocycles. The van der Waals surface area contributed by atoms with Crippen LogP contribution in [0, 0.1) is 11.3 Å². The Morgan fingerprint density at radius 3 is 2.29 bits per heavy atom. The largest absolute Gasteiger partial charge is 0.303 e. The highest BCUT2D eigenvalue weighted by Gasteiger charge is 2.34. The third-order valence-electron chi connectivity index (χ3n) is 4.35. The summed E-state index contributed by atoms with van der Waals surface area (Å²) in [5.74, 6) is -1.13. The second kappa shape index (κ2) is 6.93. The molecule has 1 aliphatic heterocycles. The van der Waals surface area contributed by atoms with Gasteiger partial charge in [0.25, 0.3) is 5.91 Å². The number of hydrogen-bond donors (Lipinski definition) is 0. The van der Waals surface area contributed by atoms with E-state index in [1.165, 1.54) is 0 Å². The van der Waals surface area contributed by atoms with Crippen molar-refractivity contribution in [1.29, 1.82) is 5.26 Å². The van der Waals surface area contributed by atoms with Crippen molar-refractivity contribution in [2.75, 3.05) is 0 Å². The third-order valence-corrected chi connectivity index (χ3v) is 4.35. The molecule has 1 aliphatic rings. The molecule has 0 unspecified atom stereocenters. The maximum Gasteiger partial charge on any atom is 0.303 e. The van der Waals surface area contributed by atoms with E-state index in [-0.39, 0.29) is 17.7 Å². The minimum absolute atomic E-state index is 0.0819. The number of hydrazone groups is 1. The molecule has 0 radical (unpaired) electrons. The van der Waals surface area contributed by atoms with Crippen LogP contribution in [0.15, 0.2) is 65.8 Å². The quantitative estimate of drug-likeness (QED) is 0.663. The van der Waals surface area contributed by atoms with Crippen LogP contribution >= 0.6 is 0 Å². The van der Waals surface area contributed by atoms with Gasteiger partial charge in [-0.25, -0.2) is 4.68 Å². The van der Waals surface area contributed by atoms with Gasteiger partial charge in [0, 0.05) is 11.3 Å². The van der Waals surface area contributed by atoms with E-state index in [0.29, 0.717) is 17.1 Å². The van der Waals surface area contributed by atoms with Crippen molar-refractivity contribution in [2.24, 2.45) is 5.10 Å². The number of nitrogens with zero attached hydrogens (tertiary/aromatic N) is 5. The maximum atomic E-state index is 13.0. The van der Waals surface area contributed by atoms with Crippen LogP contribution in [0.25, 0.3) is 16.9 Å². The Labute approximate surface area is 161 Å². The molecule has 0 atom stereocenters. The summed E-state index contributed by atoms with van der Waals surface area (Å²) in [6.45, 7) is 1.67. The molecule has 0 saturated carbocycles. The molecule has 7 nitrogen and oxygen atoms in total. The van der Waals surface area contributed by atoms with E-state index in [1.807, 2.05) is 60.7 Å². The fourth-order valence-electron chi connectivity index (χ4n) is 3.11. The van der Waals surface area contributed by atoms with Gasteiger partial charge < -0.3 is 0 Å². The monoisotopic (exact) mass is 369 g/mol. The molecule has 0 aliphatic carbocycles. The second-order valence-corrected chi connectivity index (χ2v) is 6.32. The van der Waals surface area contributed by atoms with Gasteiger partial charge in [-0.15, -0.1) is 0 Å². The summed E-state index contributed by atoms with van der Waals surface area (Å²) >= 11 is 0. The van der Waals surface area contributed by atoms with E-state index in [4.69, 9.17) is 0 Å². The number of para-hydroxylation sites is 1. The highest BCUT2D eigenvalue weighted by molar-refractivity contribution is 6.14. The predicted octanol–water partition coefficient (Wildman–Crippen LogP) is 3.16. The smallest absolute Gasteiger partial charge is 0.272 e. The first kappa shape index (κ1) is 17.4. The minimum atomic E-state index is -0.703. The molecule has 4 rings (SSSR count). The Hall–Kier alpha value is -4.05. The number of amides is 2. The van der Waals surface area contributed by atoms with Gasteiger partial charge in [-0.1, -0.05) is 48.5 Å². The number of benzene rings is 2. The molecule has 7 heteroatoms. The van der Waals surface area contributed by atoms with E-state index in [2.05, 4.69) is 16.3 Å². The SMILES string of the molecule is CC1=NN(C(=O)c2nn(-c3ccccc3)c(-c3ccccc3)c2C#N)C(=O)C1. The lowest BCUT2D eigenvalue weighted by atomic mass is 10.1. The van der Waals surface area contributed by atoms with Gasteiger partial charge in [0.2, 0.25) is 0 Å². The minimum Gasteiger partial charge on any atom is -0.272 e. The van der Waals surface area contributed by atoms with Crippen LogP contribution in [-0.2, 0) is 4.79 Å². The Morgan fingerprint density at radius 2 is 1.71 bits per heavy atom. The Bertz CT molecular complexity index is 1140. The molecule has 1 aromatic heterocycles. The molecule has 28 heavy (non-hydrogen) atoms. The lowest BCUT2D eigenvalue weighted by Gasteiger charge is -2.07. The zero-order chi connectivity index (χ0) is 19.7. The molecule has 0 fully saturated rings. The summed E-state index contributed by atoms with van der Waals surface area (Å²) in [5, 5.41) is 19.0. The van der Waals surface area contributed by atoms with Gasteiger partial charge in [-0.3, -0.25) is 9.59 Å². The molecular formula is C21H15N5O2. The standard InChI is InChI=1S/C21H15N5O2/c1-14-12-18(27)26(23-14)21(28)19-17(13-22)20(15-8-4-2-5-9-15)25(24-19)16-10-6-3-7-11-16/h2-11H,12H2,1H3. The van der Waals surface area contributed by atoms with Crippen LogP contribution in [0.5, 0.6) is 0 Å². The summed E-state index contributed by atoms with van der Waals surface area (Å²) in [7, 11) is 0. The zero-order valence-corrected chi connectivity index (χ0v) is 15.0. The number of carbonyl (C=O) groups excluding carboxylic acids is 2. The third kappa shape index (κ3) is 2.87. The molecule has 0 bridgehead atoms. The van der Waals surface area contributed by atoms with Gasteiger partial charge in [-0.2, -0.15) is 20.5 Å². The molecule has 136 valence electrons. The van der Waals surface area contributed by atoms with E-state index in [1.54, 1.807) is 11.6 Å². The average Bonchev–Trinajstić information content (AvgIpc) is 3.28. The zero-order valence-electron chi connectivity index (χ0n) is 15.0. The Kier molecular flexibility index (Phi) is 4.30. The van der Waals surface area contributed by atoms with Crippen molar-refractivity contribution in [1.82, 2.24) is 14.8 Å². The Morgan fingerprint density at radius 1 is 1.07 bits per heavy atom. The lowest BCUT2D eigenvalue weighted by molar-refractivity contribution is -0.126. The predicted molar refractivity (Wildman–Crippen MR) is 103 cm³/mol. The van der Waals surface area contributed by atoms with Crippen LogP contribution in [0.2, 0.25) is 0 Å². The molecule has 2 heterocycles. The van der Waals surface area contributed by atoms with Crippen LogP contribution in [-0.4, -0.2) is 32.3 Å². The van der Waals surface area contributed by atoms with Crippen LogP contribution in [0.3, 0.4) is 0 Å².